The molecule has 1 fully saturated rings. The van der Waals surface area contributed by atoms with Crippen LogP contribution in [-0.2, 0) is 6.18 Å². The van der Waals surface area contributed by atoms with Crippen LogP contribution >= 0.6 is 0 Å². The Kier molecular flexibility index (Phi) is 5.18. The number of nitrogens with zero attached hydrogens (tertiary/aromatic N) is 1. The van der Waals surface area contributed by atoms with E-state index in [0.29, 0.717) is 17.9 Å². The molecule has 140 valence electrons. The highest BCUT2D eigenvalue weighted by atomic mass is 19.4. The van der Waals surface area contributed by atoms with E-state index in [2.05, 4.69) is 5.16 Å². The molecule has 2 aromatic rings. The van der Waals surface area contributed by atoms with E-state index in [-0.39, 0.29) is 22.8 Å². The predicted molar refractivity (Wildman–Crippen MR) is 88.5 cm³/mol. The van der Waals surface area contributed by atoms with Crippen molar-refractivity contribution in [1.82, 2.24) is 5.16 Å². The van der Waals surface area contributed by atoms with Crippen LogP contribution in [-0.4, -0.2) is 16.0 Å². The fourth-order valence-electron chi connectivity index (χ4n) is 3.48. The van der Waals surface area contributed by atoms with Crippen molar-refractivity contribution < 1.29 is 27.6 Å². The summed E-state index contributed by atoms with van der Waals surface area (Å²) in [6.07, 6.45) is -0.901. The van der Waals surface area contributed by atoms with Gasteiger partial charge in [-0.3, -0.25) is 4.79 Å². The molecule has 1 saturated carbocycles. The molecule has 4 nitrogen and oxygen atoms in total. The number of aliphatic hydroxyl groups is 1. The second-order valence-corrected chi connectivity index (χ2v) is 6.80. The van der Waals surface area contributed by atoms with Gasteiger partial charge in [-0.05, 0) is 25.0 Å². The summed E-state index contributed by atoms with van der Waals surface area (Å²) < 4.78 is 43.4. The minimum Gasteiger partial charge on any atom is -0.388 e. The molecule has 0 aliphatic heterocycles. The molecule has 1 aromatic heterocycles. The number of benzene rings is 1. The van der Waals surface area contributed by atoms with Gasteiger partial charge in [0.2, 0.25) is 0 Å². The van der Waals surface area contributed by atoms with Gasteiger partial charge in [0.05, 0.1) is 17.2 Å². The SMILES string of the molecule is CC(O)c1c(C(=O)CC2CCCC2)noc1-c1ccc(C(F)(F)F)cc1. The van der Waals surface area contributed by atoms with Crippen LogP contribution in [0.15, 0.2) is 28.8 Å². The lowest BCUT2D eigenvalue weighted by atomic mass is 9.95. The number of carbonyl (C=O) groups excluding carboxylic acids is 1. The minimum atomic E-state index is -4.44. The third kappa shape index (κ3) is 3.82. The summed E-state index contributed by atoms with van der Waals surface area (Å²) in [5.74, 6) is 0.244. The second-order valence-electron chi connectivity index (χ2n) is 6.80. The Morgan fingerprint density at radius 1 is 1.27 bits per heavy atom. The van der Waals surface area contributed by atoms with E-state index in [0.717, 1.165) is 37.8 Å². The molecule has 1 heterocycles. The van der Waals surface area contributed by atoms with Crippen molar-refractivity contribution in [2.45, 2.75) is 51.3 Å². The molecule has 0 bridgehead atoms. The van der Waals surface area contributed by atoms with Gasteiger partial charge in [-0.1, -0.05) is 43.0 Å². The molecule has 1 aromatic carbocycles. The number of aromatic nitrogens is 1. The highest BCUT2D eigenvalue weighted by molar-refractivity contribution is 5.97. The number of halogens is 3. The van der Waals surface area contributed by atoms with Crippen LogP contribution < -0.4 is 0 Å². The topological polar surface area (TPSA) is 63.3 Å². The van der Waals surface area contributed by atoms with E-state index in [1.54, 1.807) is 0 Å². The van der Waals surface area contributed by atoms with Gasteiger partial charge >= 0.3 is 6.18 Å². The molecule has 7 heteroatoms. The summed E-state index contributed by atoms with van der Waals surface area (Å²) in [5, 5.41) is 13.9. The molecule has 1 aliphatic rings. The molecule has 1 unspecified atom stereocenters. The normalized spacial score (nSPS) is 16.8. The van der Waals surface area contributed by atoms with Crippen molar-refractivity contribution in [2.24, 2.45) is 5.92 Å². The van der Waals surface area contributed by atoms with Gasteiger partial charge < -0.3 is 9.63 Å². The van der Waals surface area contributed by atoms with Crippen LogP contribution in [0.5, 0.6) is 0 Å². The largest absolute Gasteiger partial charge is 0.416 e. The Morgan fingerprint density at radius 2 is 1.88 bits per heavy atom. The molecule has 1 N–H and O–H groups in total. The van der Waals surface area contributed by atoms with Crippen LogP contribution in [0.4, 0.5) is 13.2 Å². The van der Waals surface area contributed by atoms with Gasteiger partial charge in [-0.15, -0.1) is 0 Å². The maximum Gasteiger partial charge on any atom is 0.416 e. The zero-order chi connectivity index (χ0) is 18.9. The number of ketones is 1. The van der Waals surface area contributed by atoms with Gasteiger partial charge in [-0.2, -0.15) is 13.2 Å². The number of aliphatic hydroxyl groups excluding tert-OH is 1. The summed E-state index contributed by atoms with van der Waals surface area (Å²) in [6.45, 7) is 1.48. The Labute approximate surface area is 149 Å². The Bertz CT molecular complexity index is 772. The van der Waals surface area contributed by atoms with E-state index in [4.69, 9.17) is 4.52 Å². The van der Waals surface area contributed by atoms with Crippen LogP contribution in [0.3, 0.4) is 0 Å². The van der Waals surface area contributed by atoms with E-state index < -0.39 is 17.8 Å². The first-order valence-corrected chi connectivity index (χ1v) is 8.66. The van der Waals surface area contributed by atoms with Gasteiger partial charge in [-0.25, -0.2) is 0 Å². The number of carbonyl (C=O) groups is 1. The van der Waals surface area contributed by atoms with Crippen LogP contribution in [0.25, 0.3) is 11.3 Å². The summed E-state index contributed by atoms with van der Waals surface area (Å²) in [5.41, 5.74) is -0.146. The standard InChI is InChI=1S/C19H20F3NO3/c1-11(24)16-17(15(25)10-12-4-2-3-5-12)23-26-18(16)13-6-8-14(9-7-13)19(20,21)22/h6-9,11-12,24H,2-5,10H2,1H3. The lowest BCUT2D eigenvalue weighted by Crippen LogP contribution is -2.10. The molecule has 26 heavy (non-hydrogen) atoms. The van der Waals surface area contributed by atoms with Crippen molar-refractivity contribution in [3.63, 3.8) is 0 Å². The van der Waals surface area contributed by atoms with Gasteiger partial charge in [0.1, 0.15) is 0 Å². The molecule has 0 spiro atoms. The fourth-order valence-corrected chi connectivity index (χ4v) is 3.48. The maximum absolute atomic E-state index is 12.7. The monoisotopic (exact) mass is 367 g/mol. The zero-order valence-electron chi connectivity index (χ0n) is 14.3. The van der Waals surface area contributed by atoms with Crippen molar-refractivity contribution in [1.29, 1.82) is 0 Å². The van der Waals surface area contributed by atoms with Crippen LogP contribution in [0.1, 0.15) is 66.7 Å². The van der Waals surface area contributed by atoms with Crippen molar-refractivity contribution in [3.8, 4) is 11.3 Å². The molecule has 0 saturated heterocycles. The maximum atomic E-state index is 12.7. The summed E-state index contributed by atoms with van der Waals surface area (Å²) in [6, 6.07) is 4.37. The Balaban J connectivity index is 1.90. The van der Waals surface area contributed by atoms with Gasteiger partial charge in [0.25, 0.3) is 0 Å². The number of hydrogen-bond donors (Lipinski definition) is 1. The third-order valence-electron chi connectivity index (χ3n) is 4.83. The van der Waals surface area contributed by atoms with Gasteiger partial charge in [0, 0.05) is 12.0 Å². The third-order valence-corrected chi connectivity index (χ3v) is 4.83. The molecular weight excluding hydrogens is 347 g/mol. The lowest BCUT2D eigenvalue weighted by molar-refractivity contribution is -0.137. The minimum absolute atomic E-state index is 0.0711. The number of Topliss-reactive ketones (excluding diaryl/α,β-unsaturated/α-hetero) is 1. The van der Waals surface area contributed by atoms with Crippen molar-refractivity contribution in [2.75, 3.05) is 0 Å². The summed E-state index contributed by atoms with van der Waals surface area (Å²) in [4.78, 5) is 12.6. The molecule has 1 aliphatic carbocycles. The lowest BCUT2D eigenvalue weighted by Gasteiger charge is -2.10. The van der Waals surface area contributed by atoms with E-state index in [1.165, 1.54) is 19.1 Å². The highest BCUT2D eigenvalue weighted by Gasteiger charge is 2.31. The average molecular weight is 367 g/mol. The van der Waals surface area contributed by atoms with Gasteiger partial charge in [0.15, 0.2) is 17.2 Å². The molecule has 1 atom stereocenters. The number of hydrogen-bond acceptors (Lipinski definition) is 4. The average Bonchev–Trinajstić information content (AvgIpc) is 3.23. The molecule has 0 amide bonds. The first-order chi connectivity index (χ1) is 12.3. The van der Waals surface area contributed by atoms with E-state index in [9.17, 15) is 23.1 Å². The Hall–Kier alpha value is -2.15. The summed E-state index contributed by atoms with van der Waals surface area (Å²) in [7, 11) is 0. The first kappa shape index (κ1) is 18.6. The van der Waals surface area contributed by atoms with Crippen molar-refractivity contribution >= 4 is 5.78 Å². The van der Waals surface area contributed by atoms with E-state index in [1.807, 2.05) is 0 Å². The highest BCUT2D eigenvalue weighted by Crippen LogP contribution is 2.36. The predicted octanol–water partition coefficient (Wildman–Crippen LogP) is 5.18. The number of rotatable bonds is 5. The van der Waals surface area contributed by atoms with Crippen molar-refractivity contribution in [3.05, 3.63) is 41.1 Å². The summed E-state index contributed by atoms with van der Waals surface area (Å²) >= 11 is 0. The van der Waals surface area contributed by atoms with Crippen LogP contribution in [0.2, 0.25) is 0 Å². The smallest absolute Gasteiger partial charge is 0.388 e. The Morgan fingerprint density at radius 3 is 2.42 bits per heavy atom. The van der Waals surface area contributed by atoms with E-state index >= 15 is 0 Å². The fraction of sp³-hybridized carbons (Fsp3) is 0.474. The zero-order valence-corrected chi connectivity index (χ0v) is 14.3. The number of alkyl halides is 3. The quantitative estimate of drug-likeness (QED) is 0.740. The second kappa shape index (κ2) is 7.23. The molecule has 0 radical (unpaired) electrons. The molecule has 3 rings (SSSR count). The molecular formula is C19H20F3NO3. The van der Waals surface area contributed by atoms with Crippen LogP contribution in [0, 0.1) is 5.92 Å². The first-order valence-electron chi connectivity index (χ1n) is 8.66.